The number of rotatable bonds is 1. The predicted molar refractivity (Wildman–Crippen MR) is 80.1 cm³/mol. The molecule has 4 saturated carbocycles. The van der Waals surface area contributed by atoms with Crippen LogP contribution in [0, 0.1) is 11.8 Å². The second-order valence-corrected chi connectivity index (χ2v) is 8.29. The predicted octanol–water partition coefficient (Wildman–Crippen LogP) is 4.16. The molecule has 0 aromatic carbocycles. The normalized spacial score (nSPS) is 42.5. The van der Waals surface area contributed by atoms with Crippen molar-refractivity contribution in [3.63, 3.8) is 0 Å². The highest BCUT2D eigenvalue weighted by Crippen LogP contribution is 2.64. The lowest BCUT2D eigenvalue weighted by molar-refractivity contribution is 0.00711. The van der Waals surface area contributed by atoms with Crippen LogP contribution in [0.15, 0.2) is 30.6 Å². The molecule has 0 saturated heterocycles. The van der Waals surface area contributed by atoms with Crippen molar-refractivity contribution < 1.29 is 0 Å². The van der Waals surface area contributed by atoms with Gasteiger partial charge in [-0.1, -0.05) is 6.07 Å². The Labute approximate surface area is 124 Å². The maximum Gasteiger partial charge on any atom is 0.136 e. The van der Waals surface area contributed by atoms with Crippen molar-refractivity contribution in [2.75, 3.05) is 0 Å². The van der Waals surface area contributed by atoms with Crippen LogP contribution in [-0.2, 0) is 5.41 Å². The standard InChI is InChI=1S/C17H19ClN2/c18-17-8-12-5-13(9-17)7-16(6-12,11-17)14-10-20-4-2-1-3-15(20)19-14/h1-4,10,12-13H,5-9,11H2. The van der Waals surface area contributed by atoms with E-state index in [0.717, 1.165) is 23.9 Å². The van der Waals surface area contributed by atoms with Crippen molar-refractivity contribution in [3.05, 3.63) is 36.3 Å². The minimum absolute atomic E-state index is 0.0693. The van der Waals surface area contributed by atoms with Gasteiger partial charge in [0, 0.05) is 22.7 Å². The van der Waals surface area contributed by atoms with Crippen LogP contribution in [-0.4, -0.2) is 14.3 Å². The Hall–Kier alpha value is -1.02. The molecule has 104 valence electrons. The average Bonchev–Trinajstić information content (AvgIpc) is 2.80. The molecule has 0 spiro atoms. The summed E-state index contributed by atoms with van der Waals surface area (Å²) >= 11 is 6.93. The van der Waals surface area contributed by atoms with Crippen molar-refractivity contribution in [1.29, 1.82) is 0 Å². The molecule has 2 heterocycles. The summed E-state index contributed by atoms with van der Waals surface area (Å²) in [7, 11) is 0. The number of pyridine rings is 1. The first-order chi connectivity index (χ1) is 9.64. The molecular weight excluding hydrogens is 268 g/mol. The van der Waals surface area contributed by atoms with Gasteiger partial charge in [0.25, 0.3) is 0 Å². The van der Waals surface area contributed by atoms with Gasteiger partial charge in [-0.2, -0.15) is 0 Å². The van der Waals surface area contributed by atoms with E-state index in [0.29, 0.717) is 0 Å². The van der Waals surface area contributed by atoms with Crippen LogP contribution in [0.2, 0.25) is 0 Å². The lowest BCUT2D eigenvalue weighted by Gasteiger charge is -2.59. The molecular formula is C17H19ClN2. The number of nitrogens with zero attached hydrogens (tertiary/aromatic N) is 2. The molecule has 2 unspecified atom stereocenters. The number of hydrogen-bond donors (Lipinski definition) is 0. The van der Waals surface area contributed by atoms with Crippen LogP contribution < -0.4 is 0 Å². The van der Waals surface area contributed by atoms with Crippen molar-refractivity contribution in [3.8, 4) is 0 Å². The van der Waals surface area contributed by atoms with Crippen molar-refractivity contribution in [1.82, 2.24) is 9.38 Å². The third kappa shape index (κ3) is 1.49. The minimum atomic E-state index is 0.0693. The van der Waals surface area contributed by atoms with Gasteiger partial charge >= 0.3 is 0 Å². The molecule has 4 bridgehead atoms. The van der Waals surface area contributed by atoms with Gasteiger partial charge in [-0.25, -0.2) is 4.98 Å². The molecule has 2 aromatic heterocycles. The molecule has 2 atom stereocenters. The van der Waals surface area contributed by atoms with Gasteiger partial charge in [-0.05, 0) is 62.5 Å². The summed E-state index contributed by atoms with van der Waals surface area (Å²) in [6, 6.07) is 6.23. The SMILES string of the molecule is ClC12CC3CC(C1)CC(c1cn4ccccc4n1)(C3)C2. The first-order valence-corrected chi connectivity index (χ1v) is 8.15. The molecule has 0 aliphatic heterocycles. The van der Waals surface area contributed by atoms with E-state index in [2.05, 4.69) is 35.0 Å². The fourth-order valence-electron chi connectivity index (χ4n) is 5.64. The van der Waals surface area contributed by atoms with Crippen LogP contribution in [0.1, 0.15) is 44.2 Å². The van der Waals surface area contributed by atoms with Crippen LogP contribution in [0.25, 0.3) is 5.65 Å². The van der Waals surface area contributed by atoms with E-state index in [1.54, 1.807) is 0 Å². The summed E-state index contributed by atoms with van der Waals surface area (Å²) < 4.78 is 2.16. The number of imidazole rings is 1. The number of aromatic nitrogens is 2. The van der Waals surface area contributed by atoms with Crippen molar-refractivity contribution in [2.45, 2.75) is 48.8 Å². The monoisotopic (exact) mass is 286 g/mol. The Balaban J connectivity index is 1.65. The van der Waals surface area contributed by atoms with Crippen LogP contribution in [0.3, 0.4) is 0 Å². The van der Waals surface area contributed by atoms with Crippen molar-refractivity contribution >= 4 is 17.2 Å². The number of hydrogen-bond acceptors (Lipinski definition) is 1. The molecule has 0 amide bonds. The Morgan fingerprint density at radius 3 is 2.65 bits per heavy atom. The zero-order valence-corrected chi connectivity index (χ0v) is 12.3. The molecule has 0 N–H and O–H groups in total. The lowest BCUT2D eigenvalue weighted by atomic mass is 9.48. The van der Waals surface area contributed by atoms with Crippen LogP contribution >= 0.6 is 11.6 Å². The fraction of sp³-hybridized carbons (Fsp3) is 0.588. The second-order valence-electron chi connectivity index (χ2n) is 7.48. The number of alkyl halides is 1. The Kier molecular flexibility index (Phi) is 2.09. The zero-order valence-electron chi connectivity index (χ0n) is 11.6. The zero-order chi connectivity index (χ0) is 13.4. The van der Waals surface area contributed by atoms with Gasteiger partial charge in [-0.15, -0.1) is 11.6 Å². The third-order valence-corrected chi connectivity index (χ3v) is 6.34. The smallest absolute Gasteiger partial charge is 0.136 e. The molecule has 4 aliphatic carbocycles. The quantitative estimate of drug-likeness (QED) is 0.720. The van der Waals surface area contributed by atoms with Gasteiger partial charge in [-0.3, -0.25) is 0 Å². The largest absolute Gasteiger partial charge is 0.307 e. The Morgan fingerprint density at radius 1 is 1.15 bits per heavy atom. The van der Waals surface area contributed by atoms with Crippen LogP contribution in [0.4, 0.5) is 0 Å². The van der Waals surface area contributed by atoms with E-state index in [-0.39, 0.29) is 10.3 Å². The molecule has 2 aromatic rings. The third-order valence-electron chi connectivity index (χ3n) is 5.90. The van der Waals surface area contributed by atoms with E-state index < -0.39 is 0 Å². The van der Waals surface area contributed by atoms with E-state index in [1.165, 1.54) is 37.8 Å². The lowest BCUT2D eigenvalue weighted by Crippen LogP contribution is -2.55. The maximum absolute atomic E-state index is 6.93. The highest BCUT2D eigenvalue weighted by Gasteiger charge is 2.58. The van der Waals surface area contributed by atoms with Gasteiger partial charge < -0.3 is 4.40 Å². The highest BCUT2D eigenvalue weighted by atomic mass is 35.5. The summed E-state index contributed by atoms with van der Waals surface area (Å²) in [5.41, 5.74) is 2.63. The summed E-state index contributed by atoms with van der Waals surface area (Å²) in [6.07, 6.45) is 12.0. The summed E-state index contributed by atoms with van der Waals surface area (Å²) in [6.45, 7) is 0. The van der Waals surface area contributed by atoms with E-state index in [9.17, 15) is 0 Å². The molecule has 4 fully saturated rings. The first kappa shape index (κ1) is 11.6. The number of fused-ring (bicyclic) bond motifs is 1. The van der Waals surface area contributed by atoms with Crippen molar-refractivity contribution in [2.24, 2.45) is 11.8 Å². The van der Waals surface area contributed by atoms with Gasteiger partial charge in [0.15, 0.2) is 0 Å². The summed E-state index contributed by atoms with van der Waals surface area (Å²) in [4.78, 5) is 5.01. The fourth-order valence-corrected chi connectivity index (χ4v) is 6.33. The molecule has 0 radical (unpaired) electrons. The summed E-state index contributed by atoms with van der Waals surface area (Å²) in [5.74, 6) is 1.66. The summed E-state index contributed by atoms with van der Waals surface area (Å²) in [5, 5.41) is 0. The molecule has 3 heteroatoms. The van der Waals surface area contributed by atoms with Crippen LogP contribution in [0.5, 0.6) is 0 Å². The van der Waals surface area contributed by atoms with Gasteiger partial charge in [0.1, 0.15) is 5.65 Å². The first-order valence-electron chi connectivity index (χ1n) is 7.77. The van der Waals surface area contributed by atoms with E-state index in [4.69, 9.17) is 16.6 Å². The van der Waals surface area contributed by atoms with E-state index in [1.807, 2.05) is 0 Å². The molecule has 20 heavy (non-hydrogen) atoms. The molecule has 4 aliphatic rings. The molecule has 2 nitrogen and oxygen atoms in total. The minimum Gasteiger partial charge on any atom is -0.307 e. The Bertz CT molecular complexity index is 642. The highest BCUT2D eigenvalue weighted by molar-refractivity contribution is 6.24. The van der Waals surface area contributed by atoms with E-state index >= 15 is 0 Å². The number of halogens is 1. The molecule has 6 rings (SSSR count). The van der Waals surface area contributed by atoms with Gasteiger partial charge in [0.05, 0.1) is 5.69 Å². The maximum atomic E-state index is 6.93. The topological polar surface area (TPSA) is 17.3 Å². The second kappa shape index (κ2) is 3.59. The van der Waals surface area contributed by atoms with Gasteiger partial charge in [0.2, 0.25) is 0 Å². The Morgan fingerprint density at radius 2 is 1.95 bits per heavy atom. The average molecular weight is 287 g/mol.